The van der Waals surface area contributed by atoms with Gasteiger partial charge in [0.1, 0.15) is 0 Å². The fraction of sp³-hybridized carbons (Fsp3) is 0.143. The average molecular weight is 328 g/mol. The number of benzene rings is 2. The first-order chi connectivity index (χ1) is 9.74. The van der Waals surface area contributed by atoms with Gasteiger partial charge in [0.25, 0.3) is 0 Å². The smallest absolute Gasteiger partial charge is 0.231 e. The van der Waals surface area contributed by atoms with E-state index < -0.39 is 0 Å². The van der Waals surface area contributed by atoms with Gasteiger partial charge in [0.2, 0.25) is 6.79 Å². The molecule has 0 saturated carbocycles. The van der Waals surface area contributed by atoms with Crippen LogP contribution in [0.4, 0.5) is 0 Å². The second-order valence-corrected chi connectivity index (χ2v) is 5.88. The standard InChI is InChI=1S/C14H11Cl2NO2S/c15-10-2-1-3-11(16)14(10)20-17-7-9-4-5-12-13(6-9)19-8-18-12/h1-6,17H,7-8H2. The van der Waals surface area contributed by atoms with Gasteiger partial charge in [-0.15, -0.1) is 0 Å². The van der Waals surface area contributed by atoms with Crippen LogP contribution in [0.3, 0.4) is 0 Å². The SMILES string of the molecule is Clc1cccc(Cl)c1SNCc1ccc2c(c1)OCO2. The van der Waals surface area contributed by atoms with Gasteiger partial charge in [-0.2, -0.15) is 0 Å². The third-order valence-corrected chi connectivity index (χ3v) is 4.59. The van der Waals surface area contributed by atoms with Gasteiger partial charge in [-0.25, -0.2) is 0 Å². The van der Waals surface area contributed by atoms with Crippen LogP contribution in [0.2, 0.25) is 10.0 Å². The van der Waals surface area contributed by atoms with Crippen LogP contribution in [0.25, 0.3) is 0 Å². The molecule has 1 N–H and O–H groups in total. The maximum atomic E-state index is 6.11. The molecular weight excluding hydrogens is 317 g/mol. The zero-order valence-corrected chi connectivity index (χ0v) is 12.7. The fourth-order valence-corrected chi connectivity index (χ4v) is 3.17. The summed E-state index contributed by atoms with van der Waals surface area (Å²) < 4.78 is 13.9. The van der Waals surface area contributed by atoms with Crippen LogP contribution in [0.1, 0.15) is 5.56 Å². The molecular formula is C14H11Cl2NO2S. The second-order valence-electron chi connectivity index (χ2n) is 4.16. The van der Waals surface area contributed by atoms with E-state index in [1.807, 2.05) is 36.4 Å². The normalized spacial score (nSPS) is 12.7. The highest BCUT2D eigenvalue weighted by atomic mass is 35.5. The molecule has 0 aromatic heterocycles. The molecule has 0 spiro atoms. The van der Waals surface area contributed by atoms with Crippen molar-refractivity contribution in [3.8, 4) is 11.5 Å². The van der Waals surface area contributed by atoms with Crippen molar-refractivity contribution in [2.75, 3.05) is 6.79 Å². The summed E-state index contributed by atoms with van der Waals surface area (Å²) in [6.45, 7) is 0.957. The lowest BCUT2D eigenvalue weighted by atomic mass is 10.2. The van der Waals surface area contributed by atoms with E-state index in [0.717, 1.165) is 22.0 Å². The van der Waals surface area contributed by atoms with Crippen LogP contribution >= 0.6 is 35.1 Å². The summed E-state index contributed by atoms with van der Waals surface area (Å²) in [5, 5.41) is 1.28. The average Bonchev–Trinajstić information content (AvgIpc) is 2.89. The number of fused-ring (bicyclic) bond motifs is 1. The van der Waals surface area contributed by atoms with Crippen molar-refractivity contribution in [1.29, 1.82) is 0 Å². The molecule has 3 nitrogen and oxygen atoms in total. The molecule has 0 atom stereocenters. The number of rotatable bonds is 4. The van der Waals surface area contributed by atoms with Crippen molar-refractivity contribution in [2.45, 2.75) is 11.4 Å². The Morgan fingerprint density at radius 3 is 2.60 bits per heavy atom. The summed E-state index contributed by atoms with van der Waals surface area (Å²) in [5.74, 6) is 1.57. The molecule has 1 heterocycles. The molecule has 0 unspecified atom stereocenters. The zero-order chi connectivity index (χ0) is 13.9. The summed E-state index contributed by atoms with van der Waals surface area (Å²) in [7, 11) is 0. The lowest BCUT2D eigenvalue weighted by molar-refractivity contribution is 0.174. The Hall–Kier alpha value is -1.07. The molecule has 0 saturated heterocycles. The van der Waals surface area contributed by atoms with Crippen LogP contribution in [0.5, 0.6) is 11.5 Å². The summed E-state index contributed by atoms with van der Waals surface area (Å²) >= 11 is 13.6. The molecule has 0 amide bonds. The highest BCUT2D eigenvalue weighted by molar-refractivity contribution is 7.97. The highest BCUT2D eigenvalue weighted by Crippen LogP contribution is 2.34. The minimum Gasteiger partial charge on any atom is -0.454 e. The maximum Gasteiger partial charge on any atom is 0.231 e. The highest BCUT2D eigenvalue weighted by Gasteiger charge is 2.13. The summed E-state index contributed by atoms with van der Waals surface area (Å²) in [6.07, 6.45) is 0. The lowest BCUT2D eigenvalue weighted by Gasteiger charge is -2.08. The first kappa shape index (κ1) is 13.9. The number of hydrogen-bond donors (Lipinski definition) is 1. The molecule has 0 bridgehead atoms. The molecule has 6 heteroatoms. The monoisotopic (exact) mass is 327 g/mol. The van der Waals surface area contributed by atoms with Crippen LogP contribution in [-0.2, 0) is 6.54 Å². The van der Waals surface area contributed by atoms with E-state index in [0.29, 0.717) is 16.6 Å². The van der Waals surface area contributed by atoms with Gasteiger partial charge in [0.15, 0.2) is 11.5 Å². The predicted molar refractivity (Wildman–Crippen MR) is 81.7 cm³/mol. The Morgan fingerprint density at radius 1 is 1.05 bits per heavy atom. The molecule has 0 aliphatic carbocycles. The quantitative estimate of drug-likeness (QED) is 0.836. The third kappa shape index (κ3) is 2.99. The van der Waals surface area contributed by atoms with Crippen LogP contribution in [0.15, 0.2) is 41.3 Å². The molecule has 2 aromatic rings. The van der Waals surface area contributed by atoms with E-state index in [-0.39, 0.29) is 6.79 Å². The van der Waals surface area contributed by atoms with Crippen molar-refractivity contribution in [3.05, 3.63) is 52.0 Å². The third-order valence-electron chi connectivity index (χ3n) is 2.81. The van der Waals surface area contributed by atoms with E-state index in [4.69, 9.17) is 32.7 Å². The lowest BCUT2D eigenvalue weighted by Crippen LogP contribution is -2.03. The predicted octanol–water partition coefficient (Wildman–Crippen LogP) is 4.52. The van der Waals surface area contributed by atoms with Crippen LogP contribution in [-0.4, -0.2) is 6.79 Å². The topological polar surface area (TPSA) is 30.5 Å². The number of nitrogens with one attached hydrogen (secondary N) is 1. The molecule has 0 fully saturated rings. The van der Waals surface area contributed by atoms with Gasteiger partial charge in [-0.3, -0.25) is 4.72 Å². The summed E-state index contributed by atoms with van der Waals surface area (Å²) in [5.41, 5.74) is 1.10. The fourth-order valence-electron chi connectivity index (χ4n) is 1.82. The number of hydrogen-bond acceptors (Lipinski definition) is 4. The van der Waals surface area contributed by atoms with Gasteiger partial charge in [0, 0.05) is 6.54 Å². The number of halogens is 2. The largest absolute Gasteiger partial charge is 0.454 e. The second kappa shape index (κ2) is 6.14. The van der Waals surface area contributed by atoms with Crippen molar-refractivity contribution >= 4 is 35.1 Å². The van der Waals surface area contributed by atoms with Gasteiger partial charge in [-0.1, -0.05) is 35.3 Å². The molecule has 1 aliphatic heterocycles. The van der Waals surface area contributed by atoms with Crippen molar-refractivity contribution in [3.63, 3.8) is 0 Å². The zero-order valence-electron chi connectivity index (χ0n) is 10.4. The van der Waals surface area contributed by atoms with E-state index in [1.54, 1.807) is 0 Å². The van der Waals surface area contributed by atoms with Crippen LogP contribution < -0.4 is 14.2 Å². The molecule has 1 aliphatic rings. The van der Waals surface area contributed by atoms with Gasteiger partial charge < -0.3 is 9.47 Å². The van der Waals surface area contributed by atoms with Crippen molar-refractivity contribution < 1.29 is 9.47 Å². The van der Waals surface area contributed by atoms with Gasteiger partial charge in [0.05, 0.1) is 14.9 Å². The molecule has 2 aromatic carbocycles. The van der Waals surface area contributed by atoms with E-state index in [1.165, 1.54) is 11.9 Å². The Morgan fingerprint density at radius 2 is 1.80 bits per heavy atom. The first-order valence-corrected chi connectivity index (χ1v) is 7.53. The molecule has 20 heavy (non-hydrogen) atoms. The van der Waals surface area contributed by atoms with Gasteiger partial charge >= 0.3 is 0 Å². The number of ether oxygens (including phenoxy) is 2. The van der Waals surface area contributed by atoms with E-state index in [9.17, 15) is 0 Å². The van der Waals surface area contributed by atoms with Gasteiger partial charge in [-0.05, 0) is 41.8 Å². The van der Waals surface area contributed by atoms with Crippen molar-refractivity contribution in [1.82, 2.24) is 4.72 Å². The summed E-state index contributed by atoms with van der Waals surface area (Å²) in [4.78, 5) is 0.830. The Kier molecular flexibility index (Phi) is 4.27. The summed E-state index contributed by atoms with van der Waals surface area (Å²) in [6, 6.07) is 11.3. The molecule has 0 radical (unpaired) electrons. The van der Waals surface area contributed by atoms with Crippen molar-refractivity contribution in [2.24, 2.45) is 0 Å². The Balaban J connectivity index is 1.63. The van der Waals surface area contributed by atoms with E-state index >= 15 is 0 Å². The Bertz CT molecular complexity index is 616. The molecule has 104 valence electrons. The molecule has 3 rings (SSSR count). The maximum absolute atomic E-state index is 6.11. The minimum atomic E-state index is 0.288. The van der Waals surface area contributed by atoms with Crippen LogP contribution in [0, 0.1) is 0 Å². The van der Waals surface area contributed by atoms with E-state index in [2.05, 4.69) is 4.72 Å². The Labute approximate surface area is 131 Å². The first-order valence-electron chi connectivity index (χ1n) is 5.96. The minimum absolute atomic E-state index is 0.288.